The molecule has 0 saturated heterocycles. The fourth-order valence-corrected chi connectivity index (χ4v) is 2.89. The standard InChI is InChI=1S/C14H24N2OS/c1-9(2)14(17)16-7-6-15-11(4)13-8-10(3)18-12(13)5/h8-9,11,15H,6-7H2,1-5H3,(H,16,17). The predicted octanol–water partition coefficient (Wildman–Crippen LogP) is 2.79. The summed E-state index contributed by atoms with van der Waals surface area (Å²) in [6.07, 6.45) is 0. The number of hydrogen-bond acceptors (Lipinski definition) is 3. The Morgan fingerprint density at radius 3 is 2.44 bits per heavy atom. The molecule has 0 bridgehead atoms. The van der Waals surface area contributed by atoms with Gasteiger partial charge in [-0.3, -0.25) is 4.79 Å². The van der Waals surface area contributed by atoms with Crippen molar-refractivity contribution in [3.63, 3.8) is 0 Å². The molecule has 1 heterocycles. The van der Waals surface area contributed by atoms with E-state index in [4.69, 9.17) is 0 Å². The van der Waals surface area contributed by atoms with Crippen molar-refractivity contribution in [3.8, 4) is 0 Å². The number of carbonyl (C=O) groups is 1. The Bertz CT molecular complexity index is 398. The molecule has 4 heteroatoms. The molecule has 0 aliphatic heterocycles. The Morgan fingerprint density at radius 1 is 1.28 bits per heavy atom. The second-order valence-electron chi connectivity index (χ2n) is 4.99. The van der Waals surface area contributed by atoms with Gasteiger partial charge in [0.25, 0.3) is 0 Å². The van der Waals surface area contributed by atoms with Gasteiger partial charge in [-0.15, -0.1) is 11.3 Å². The van der Waals surface area contributed by atoms with E-state index in [1.807, 2.05) is 25.2 Å². The third-order valence-electron chi connectivity index (χ3n) is 2.95. The maximum atomic E-state index is 11.4. The molecule has 1 amide bonds. The summed E-state index contributed by atoms with van der Waals surface area (Å²) < 4.78 is 0. The molecule has 0 spiro atoms. The minimum atomic E-state index is 0.0594. The van der Waals surface area contributed by atoms with Crippen LogP contribution < -0.4 is 10.6 Å². The first-order valence-electron chi connectivity index (χ1n) is 6.49. The van der Waals surface area contributed by atoms with E-state index in [0.717, 1.165) is 6.54 Å². The summed E-state index contributed by atoms with van der Waals surface area (Å²) >= 11 is 1.84. The fourth-order valence-electron chi connectivity index (χ4n) is 1.87. The van der Waals surface area contributed by atoms with E-state index in [-0.39, 0.29) is 11.8 Å². The maximum Gasteiger partial charge on any atom is 0.222 e. The molecule has 3 nitrogen and oxygen atoms in total. The molecule has 1 atom stereocenters. The number of thiophene rings is 1. The van der Waals surface area contributed by atoms with Crippen LogP contribution in [0.15, 0.2) is 6.07 Å². The second-order valence-corrected chi connectivity index (χ2v) is 6.45. The Morgan fingerprint density at radius 2 is 1.94 bits per heavy atom. The van der Waals surface area contributed by atoms with Crippen molar-refractivity contribution in [1.29, 1.82) is 0 Å². The van der Waals surface area contributed by atoms with E-state index < -0.39 is 0 Å². The van der Waals surface area contributed by atoms with Gasteiger partial charge < -0.3 is 10.6 Å². The predicted molar refractivity (Wildman–Crippen MR) is 78.1 cm³/mol. The molecule has 1 aromatic rings. The van der Waals surface area contributed by atoms with Gasteiger partial charge >= 0.3 is 0 Å². The van der Waals surface area contributed by atoms with Crippen molar-refractivity contribution in [2.75, 3.05) is 13.1 Å². The smallest absolute Gasteiger partial charge is 0.222 e. The van der Waals surface area contributed by atoms with E-state index in [2.05, 4.69) is 37.5 Å². The van der Waals surface area contributed by atoms with Gasteiger partial charge in [-0.1, -0.05) is 13.8 Å². The lowest BCUT2D eigenvalue weighted by Crippen LogP contribution is -2.35. The van der Waals surface area contributed by atoms with E-state index in [1.54, 1.807) is 0 Å². The summed E-state index contributed by atoms with van der Waals surface area (Å²) in [6.45, 7) is 11.8. The molecule has 0 aliphatic carbocycles. The third kappa shape index (κ3) is 4.42. The molecule has 0 aliphatic rings. The molecule has 18 heavy (non-hydrogen) atoms. The lowest BCUT2D eigenvalue weighted by molar-refractivity contribution is -0.123. The summed E-state index contributed by atoms with van der Waals surface area (Å²) in [5, 5.41) is 6.35. The van der Waals surface area contributed by atoms with Crippen LogP contribution in [0.4, 0.5) is 0 Å². The molecule has 0 aromatic carbocycles. The number of amides is 1. The van der Waals surface area contributed by atoms with Crippen LogP contribution in [0, 0.1) is 19.8 Å². The molecule has 102 valence electrons. The average Bonchev–Trinajstić information content (AvgIpc) is 2.63. The maximum absolute atomic E-state index is 11.4. The van der Waals surface area contributed by atoms with E-state index in [1.165, 1.54) is 15.3 Å². The number of hydrogen-bond donors (Lipinski definition) is 2. The third-order valence-corrected chi connectivity index (χ3v) is 3.93. The zero-order valence-electron chi connectivity index (χ0n) is 12.0. The SMILES string of the molecule is Cc1cc(C(C)NCCNC(=O)C(C)C)c(C)s1. The molecular weight excluding hydrogens is 244 g/mol. The van der Waals surface area contributed by atoms with Crippen LogP contribution in [0.2, 0.25) is 0 Å². The van der Waals surface area contributed by atoms with Crippen LogP contribution in [0.5, 0.6) is 0 Å². The van der Waals surface area contributed by atoms with Crippen LogP contribution in [0.1, 0.15) is 42.1 Å². The van der Waals surface area contributed by atoms with Crippen LogP contribution >= 0.6 is 11.3 Å². The van der Waals surface area contributed by atoms with Gasteiger partial charge in [0.05, 0.1) is 0 Å². The lowest BCUT2D eigenvalue weighted by atomic mass is 10.1. The van der Waals surface area contributed by atoms with Gasteiger partial charge in [0.1, 0.15) is 0 Å². The zero-order valence-corrected chi connectivity index (χ0v) is 12.8. The average molecular weight is 268 g/mol. The number of aryl methyl sites for hydroxylation is 2. The monoisotopic (exact) mass is 268 g/mol. The first-order valence-corrected chi connectivity index (χ1v) is 7.31. The van der Waals surface area contributed by atoms with Gasteiger partial charge in [0.15, 0.2) is 0 Å². The largest absolute Gasteiger partial charge is 0.355 e. The quantitative estimate of drug-likeness (QED) is 0.779. The van der Waals surface area contributed by atoms with Crippen molar-refractivity contribution in [2.45, 2.75) is 40.7 Å². The Balaban J connectivity index is 2.32. The topological polar surface area (TPSA) is 41.1 Å². The van der Waals surface area contributed by atoms with Crippen LogP contribution in [-0.2, 0) is 4.79 Å². The molecular formula is C14H24N2OS. The minimum absolute atomic E-state index is 0.0594. The highest BCUT2D eigenvalue weighted by Crippen LogP contribution is 2.25. The Hall–Kier alpha value is -0.870. The molecule has 1 unspecified atom stereocenters. The molecule has 0 saturated carbocycles. The summed E-state index contributed by atoms with van der Waals surface area (Å²) in [5.74, 6) is 0.177. The molecule has 2 N–H and O–H groups in total. The summed E-state index contributed by atoms with van der Waals surface area (Å²) in [7, 11) is 0. The summed E-state index contributed by atoms with van der Waals surface area (Å²) in [4.78, 5) is 14.1. The fraction of sp³-hybridized carbons (Fsp3) is 0.643. The van der Waals surface area contributed by atoms with E-state index in [9.17, 15) is 4.79 Å². The van der Waals surface area contributed by atoms with Crippen molar-refractivity contribution in [1.82, 2.24) is 10.6 Å². The first kappa shape index (κ1) is 15.2. The summed E-state index contributed by atoms with van der Waals surface area (Å²) in [5.41, 5.74) is 1.37. The minimum Gasteiger partial charge on any atom is -0.355 e. The van der Waals surface area contributed by atoms with Gasteiger partial charge in [0.2, 0.25) is 5.91 Å². The Kier molecular flexibility index (Phi) is 5.82. The second kappa shape index (κ2) is 6.90. The molecule has 0 fully saturated rings. The lowest BCUT2D eigenvalue weighted by Gasteiger charge is -2.14. The first-order chi connectivity index (χ1) is 8.41. The highest BCUT2D eigenvalue weighted by molar-refractivity contribution is 7.12. The normalized spacial score (nSPS) is 12.8. The molecule has 1 aromatic heterocycles. The van der Waals surface area contributed by atoms with Crippen LogP contribution in [-0.4, -0.2) is 19.0 Å². The molecule has 0 radical (unpaired) electrons. The number of nitrogens with one attached hydrogen (secondary N) is 2. The number of rotatable bonds is 6. The number of carbonyl (C=O) groups excluding carboxylic acids is 1. The van der Waals surface area contributed by atoms with Crippen molar-refractivity contribution in [2.24, 2.45) is 5.92 Å². The highest BCUT2D eigenvalue weighted by atomic mass is 32.1. The van der Waals surface area contributed by atoms with E-state index in [0.29, 0.717) is 12.6 Å². The summed E-state index contributed by atoms with van der Waals surface area (Å²) in [6, 6.07) is 2.58. The highest BCUT2D eigenvalue weighted by Gasteiger charge is 2.10. The van der Waals surface area contributed by atoms with Crippen molar-refractivity contribution in [3.05, 3.63) is 21.4 Å². The Labute approximate surface area is 114 Å². The van der Waals surface area contributed by atoms with Crippen LogP contribution in [0.25, 0.3) is 0 Å². The zero-order chi connectivity index (χ0) is 13.7. The van der Waals surface area contributed by atoms with Gasteiger partial charge in [0, 0.05) is 34.8 Å². The van der Waals surface area contributed by atoms with Crippen molar-refractivity contribution < 1.29 is 4.79 Å². The molecule has 1 rings (SSSR count). The van der Waals surface area contributed by atoms with Crippen LogP contribution in [0.3, 0.4) is 0 Å². The van der Waals surface area contributed by atoms with Gasteiger partial charge in [-0.05, 0) is 32.4 Å². The van der Waals surface area contributed by atoms with Gasteiger partial charge in [-0.2, -0.15) is 0 Å². The van der Waals surface area contributed by atoms with Crippen molar-refractivity contribution >= 4 is 17.2 Å². The van der Waals surface area contributed by atoms with E-state index >= 15 is 0 Å². The van der Waals surface area contributed by atoms with Gasteiger partial charge in [-0.25, -0.2) is 0 Å².